The van der Waals surface area contributed by atoms with Crippen molar-refractivity contribution in [3.8, 4) is 11.4 Å². The standard InChI is InChI=1S/C20H22ClN5O2/c1-3-18(20(27)22-12-15-6-4-5-7-16(15)13-28-2)26-24-19(23-25-26)14-8-10-17(21)11-9-14/h4-11,18H,3,12-13H2,1-2H3,(H,22,27). The maximum atomic E-state index is 12.7. The number of ether oxygens (including phenoxy) is 1. The average molecular weight is 400 g/mol. The molecule has 0 aliphatic heterocycles. The van der Waals surface area contributed by atoms with Gasteiger partial charge in [-0.2, -0.15) is 4.80 Å². The summed E-state index contributed by atoms with van der Waals surface area (Å²) in [5.74, 6) is 0.295. The zero-order valence-corrected chi connectivity index (χ0v) is 16.6. The van der Waals surface area contributed by atoms with Crippen molar-refractivity contribution < 1.29 is 9.53 Å². The summed E-state index contributed by atoms with van der Waals surface area (Å²) in [6.45, 7) is 2.82. The molecule has 0 radical (unpaired) electrons. The van der Waals surface area contributed by atoms with Crippen molar-refractivity contribution in [1.29, 1.82) is 0 Å². The molecular formula is C20H22ClN5O2. The Morgan fingerprint density at radius 2 is 1.89 bits per heavy atom. The SMILES string of the molecule is CCC(C(=O)NCc1ccccc1COC)n1nnc(-c2ccc(Cl)cc2)n1. The molecule has 3 rings (SSSR count). The van der Waals surface area contributed by atoms with Crippen LogP contribution in [-0.4, -0.2) is 33.2 Å². The van der Waals surface area contributed by atoms with Gasteiger partial charge in [-0.15, -0.1) is 10.2 Å². The quantitative estimate of drug-likeness (QED) is 0.627. The van der Waals surface area contributed by atoms with Gasteiger partial charge in [0.1, 0.15) is 0 Å². The molecule has 1 unspecified atom stereocenters. The minimum absolute atomic E-state index is 0.158. The van der Waals surface area contributed by atoms with Crippen LogP contribution in [0.2, 0.25) is 5.02 Å². The molecule has 0 aliphatic rings. The summed E-state index contributed by atoms with van der Waals surface area (Å²) in [5, 5.41) is 16.1. The lowest BCUT2D eigenvalue weighted by Crippen LogP contribution is -2.33. The van der Waals surface area contributed by atoms with Gasteiger partial charge in [-0.05, 0) is 47.0 Å². The van der Waals surface area contributed by atoms with Crippen molar-refractivity contribution in [3.63, 3.8) is 0 Å². The van der Waals surface area contributed by atoms with Gasteiger partial charge >= 0.3 is 0 Å². The number of nitrogens with one attached hydrogen (secondary N) is 1. The molecule has 3 aromatic rings. The minimum atomic E-state index is -0.539. The summed E-state index contributed by atoms with van der Waals surface area (Å²) in [6, 6.07) is 14.5. The van der Waals surface area contributed by atoms with Gasteiger partial charge in [0.2, 0.25) is 11.7 Å². The van der Waals surface area contributed by atoms with Gasteiger partial charge in [-0.25, -0.2) is 0 Å². The average Bonchev–Trinajstić information content (AvgIpc) is 3.18. The number of rotatable bonds is 8. The topological polar surface area (TPSA) is 81.9 Å². The molecule has 8 heteroatoms. The van der Waals surface area contributed by atoms with Gasteiger partial charge in [0.05, 0.1) is 6.61 Å². The van der Waals surface area contributed by atoms with Gasteiger partial charge in [0.25, 0.3) is 0 Å². The molecule has 7 nitrogen and oxygen atoms in total. The number of aromatic nitrogens is 4. The first-order valence-corrected chi connectivity index (χ1v) is 9.39. The normalized spacial score (nSPS) is 12.0. The molecule has 1 heterocycles. The summed E-state index contributed by atoms with van der Waals surface area (Å²) in [4.78, 5) is 14.1. The molecule has 1 aromatic heterocycles. The summed E-state index contributed by atoms with van der Waals surface area (Å²) >= 11 is 5.91. The van der Waals surface area contributed by atoms with E-state index in [9.17, 15) is 4.79 Å². The lowest BCUT2D eigenvalue weighted by molar-refractivity contribution is -0.125. The van der Waals surface area contributed by atoms with E-state index < -0.39 is 6.04 Å². The molecule has 0 aliphatic carbocycles. The van der Waals surface area contributed by atoms with Gasteiger partial charge in [-0.3, -0.25) is 4.79 Å². The van der Waals surface area contributed by atoms with Gasteiger partial charge in [0, 0.05) is 24.2 Å². The van der Waals surface area contributed by atoms with Gasteiger partial charge in [0.15, 0.2) is 6.04 Å². The number of methoxy groups -OCH3 is 1. The van der Waals surface area contributed by atoms with Crippen LogP contribution < -0.4 is 5.32 Å². The van der Waals surface area contributed by atoms with Crippen molar-refractivity contribution in [1.82, 2.24) is 25.5 Å². The Hall–Kier alpha value is -2.77. The van der Waals surface area contributed by atoms with E-state index in [2.05, 4.69) is 20.7 Å². The van der Waals surface area contributed by atoms with Crippen LogP contribution in [0.5, 0.6) is 0 Å². The molecule has 146 valence electrons. The van der Waals surface area contributed by atoms with Crippen LogP contribution in [-0.2, 0) is 22.7 Å². The van der Waals surface area contributed by atoms with E-state index in [0.717, 1.165) is 16.7 Å². The molecule has 1 amide bonds. The van der Waals surface area contributed by atoms with Crippen LogP contribution in [0.3, 0.4) is 0 Å². The van der Waals surface area contributed by atoms with E-state index in [0.29, 0.717) is 30.4 Å². The van der Waals surface area contributed by atoms with Crippen LogP contribution in [0.1, 0.15) is 30.5 Å². The van der Waals surface area contributed by atoms with Crippen LogP contribution >= 0.6 is 11.6 Å². The van der Waals surface area contributed by atoms with Crippen LogP contribution in [0.4, 0.5) is 0 Å². The highest BCUT2D eigenvalue weighted by atomic mass is 35.5. The highest BCUT2D eigenvalue weighted by molar-refractivity contribution is 6.30. The largest absolute Gasteiger partial charge is 0.380 e. The summed E-state index contributed by atoms with van der Waals surface area (Å²) in [7, 11) is 1.65. The fourth-order valence-electron chi connectivity index (χ4n) is 2.85. The molecule has 0 saturated heterocycles. The molecule has 0 saturated carbocycles. The first-order valence-electron chi connectivity index (χ1n) is 9.01. The number of tetrazole rings is 1. The first-order chi connectivity index (χ1) is 13.6. The minimum Gasteiger partial charge on any atom is -0.380 e. The molecule has 1 atom stereocenters. The monoisotopic (exact) mass is 399 g/mol. The highest BCUT2D eigenvalue weighted by Crippen LogP contribution is 2.18. The smallest absolute Gasteiger partial charge is 0.247 e. The van der Waals surface area contributed by atoms with Crippen LogP contribution in [0, 0.1) is 0 Å². The first kappa shape index (κ1) is 20.0. The van der Waals surface area contributed by atoms with E-state index in [4.69, 9.17) is 16.3 Å². The number of nitrogens with zero attached hydrogens (tertiary/aromatic N) is 4. The maximum absolute atomic E-state index is 12.7. The van der Waals surface area contributed by atoms with E-state index in [1.807, 2.05) is 43.3 Å². The predicted molar refractivity (Wildman–Crippen MR) is 107 cm³/mol. The molecule has 2 aromatic carbocycles. The third-order valence-corrected chi connectivity index (χ3v) is 4.62. The molecule has 0 fully saturated rings. The van der Waals surface area contributed by atoms with E-state index in [-0.39, 0.29) is 5.91 Å². The molecule has 1 N–H and O–H groups in total. The predicted octanol–water partition coefficient (Wildman–Crippen LogP) is 3.41. The van der Waals surface area contributed by atoms with Crippen molar-refractivity contribution >= 4 is 17.5 Å². The summed E-state index contributed by atoms with van der Waals surface area (Å²) < 4.78 is 5.21. The zero-order valence-electron chi connectivity index (χ0n) is 15.8. The third-order valence-electron chi connectivity index (χ3n) is 4.37. The maximum Gasteiger partial charge on any atom is 0.247 e. The van der Waals surface area contributed by atoms with Crippen molar-refractivity contribution in [2.75, 3.05) is 7.11 Å². The van der Waals surface area contributed by atoms with E-state index >= 15 is 0 Å². The highest BCUT2D eigenvalue weighted by Gasteiger charge is 2.22. The van der Waals surface area contributed by atoms with Crippen LogP contribution in [0.25, 0.3) is 11.4 Å². The van der Waals surface area contributed by atoms with Crippen LogP contribution in [0.15, 0.2) is 48.5 Å². The number of hydrogen-bond acceptors (Lipinski definition) is 5. The Kier molecular flexibility index (Phi) is 6.73. The van der Waals surface area contributed by atoms with E-state index in [1.165, 1.54) is 4.80 Å². The second-order valence-electron chi connectivity index (χ2n) is 6.28. The number of carbonyl (C=O) groups excluding carboxylic acids is 1. The number of halogens is 1. The summed E-state index contributed by atoms with van der Waals surface area (Å²) in [5.41, 5.74) is 2.85. The Balaban J connectivity index is 1.70. The fourth-order valence-corrected chi connectivity index (χ4v) is 2.98. The molecule has 28 heavy (non-hydrogen) atoms. The number of hydrogen-bond donors (Lipinski definition) is 1. The number of benzene rings is 2. The van der Waals surface area contributed by atoms with Gasteiger partial charge < -0.3 is 10.1 Å². The molecular weight excluding hydrogens is 378 g/mol. The van der Waals surface area contributed by atoms with Crippen molar-refractivity contribution in [2.45, 2.75) is 32.5 Å². The van der Waals surface area contributed by atoms with E-state index in [1.54, 1.807) is 19.2 Å². The molecule has 0 bridgehead atoms. The van der Waals surface area contributed by atoms with Crippen molar-refractivity contribution in [3.05, 3.63) is 64.7 Å². The van der Waals surface area contributed by atoms with Crippen molar-refractivity contribution in [2.24, 2.45) is 0 Å². The zero-order chi connectivity index (χ0) is 19.9. The van der Waals surface area contributed by atoms with Gasteiger partial charge in [-0.1, -0.05) is 42.8 Å². The Bertz CT molecular complexity index is 926. The summed E-state index contributed by atoms with van der Waals surface area (Å²) in [6.07, 6.45) is 0.544. The fraction of sp³-hybridized carbons (Fsp3) is 0.300. The second kappa shape index (κ2) is 9.43. The Morgan fingerprint density at radius 1 is 1.18 bits per heavy atom. The number of carbonyl (C=O) groups is 1. The lowest BCUT2D eigenvalue weighted by Gasteiger charge is -2.15. The Labute approximate surface area is 168 Å². The second-order valence-corrected chi connectivity index (χ2v) is 6.72. The molecule has 0 spiro atoms. The lowest BCUT2D eigenvalue weighted by atomic mass is 10.1. The Morgan fingerprint density at radius 3 is 2.57 bits per heavy atom. The number of amides is 1. The third kappa shape index (κ3) is 4.74.